The van der Waals surface area contributed by atoms with E-state index in [9.17, 15) is 9.59 Å². The van der Waals surface area contributed by atoms with E-state index in [2.05, 4.69) is 29.0 Å². The van der Waals surface area contributed by atoms with Crippen LogP contribution in [0.4, 0.5) is 5.69 Å². The van der Waals surface area contributed by atoms with E-state index < -0.39 is 17.7 Å². The van der Waals surface area contributed by atoms with Crippen LogP contribution in [0.15, 0.2) is 48.5 Å². The molecule has 0 aromatic heterocycles. The van der Waals surface area contributed by atoms with Crippen molar-refractivity contribution >= 4 is 17.4 Å². The van der Waals surface area contributed by atoms with Gasteiger partial charge < -0.3 is 20.5 Å². The molecule has 0 fully saturated rings. The second kappa shape index (κ2) is 12.6. The summed E-state index contributed by atoms with van der Waals surface area (Å²) in [6.07, 6.45) is -0.526. The van der Waals surface area contributed by atoms with E-state index in [1.807, 2.05) is 39.8 Å². The van der Waals surface area contributed by atoms with Gasteiger partial charge in [0.25, 0.3) is 5.91 Å². The van der Waals surface area contributed by atoms with Crippen LogP contribution < -0.4 is 11.1 Å². The van der Waals surface area contributed by atoms with Crippen molar-refractivity contribution in [2.45, 2.75) is 52.4 Å². The highest BCUT2D eigenvalue weighted by atomic mass is 16.5. The van der Waals surface area contributed by atoms with Gasteiger partial charge in [0.15, 0.2) is 5.78 Å². The first kappa shape index (κ1) is 26.7. The lowest BCUT2D eigenvalue weighted by Gasteiger charge is -2.30. The molecule has 6 heteroatoms. The zero-order valence-corrected chi connectivity index (χ0v) is 20.4. The van der Waals surface area contributed by atoms with E-state index in [-0.39, 0.29) is 18.3 Å². The number of carbonyl (C=O) groups excluding carboxylic acids is 2. The summed E-state index contributed by atoms with van der Waals surface area (Å²) in [6, 6.07) is 13.2. The lowest BCUT2D eigenvalue weighted by molar-refractivity contribution is -0.133. The van der Waals surface area contributed by atoms with Gasteiger partial charge in [0.1, 0.15) is 12.6 Å². The third kappa shape index (κ3) is 9.11. The molecule has 0 radical (unpaired) electrons. The Morgan fingerprint density at radius 3 is 2.00 bits per heavy atom. The fourth-order valence-electron chi connectivity index (χ4n) is 3.08. The SMILES string of the molecule is CCOCC(=O)C(NC(=O)c1ccc(C#CC#Cc2ccc(N)cc2)cc1)[C@@H](C)OC(C)(C)C. The van der Waals surface area contributed by atoms with Gasteiger partial charge in [-0.1, -0.05) is 11.8 Å². The van der Waals surface area contributed by atoms with Crippen LogP contribution in [-0.4, -0.2) is 42.7 Å². The third-order valence-electron chi connectivity index (χ3n) is 4.62. The van der Waals surface area contributed by atoms with Crippen molar-refractivity contribution in [2.75, 3.05) is 18.9 Å². The molecule has 2 rings (SSSR count). The molecular formula is C28H32N2O4. The molecule has 3 N–H and O–H groups in total. The van der Waals surface area contributed by atoms with Crippen LogP contribution in [-0.2, 0) is 14.3 Å². The van der Waals surface area contributed by atoms with Crippen molar-refractivity contribution in [1.29, 1.82) is 0 Å². The average molecular weight is 461 g/mol. The number of nitrogen functional groups attached to an aromatic ring is 1. The number of anilines is 1. The largest absolute Gasteiger partial charge is 0.399 e. The number of rotatable bonds is 8. The molecule has 0 spiro atoms. The Bertz CT molecular complexity index is 1090. The summed E-state index contributed by atoms with van der Waals surface area (Å²) in [5.41, 5.74) is 7.83. The van der Waals surface area contributed by atoms with E-state index in [1.165, 1.54) is 0 Å². The highest BCUT2D eigenvalue weighted by Crippen LogP contribution is 2.15. The van der Waals surface area contributed by atoms with Gasteiger partial charge >= 0.3 is 0 Å². The van der Waals surface area contributed by atoms with Gasteiger partial charge in [-0.25, -0.2) is 0 Å². The Balaban J connectivity index is 2.07. The predicted molar refractivity (Wildman–Crippen MR) is 134 cm³/mol. The van der Waals surface area contributed by atoms with Crippen molar-refractivity contribution in [1.82, 2.24) is 5.32 Å². The van der Waals surface area contributed by atoms with Crippen molar-refractivity contribution in [2.24, 2.45) is 0 Å². The zero-order valence-electron chi connectivity index (χ0n) is 20.4. The maximum absolute atomic E-state index is 12.8. The summed E-state index contributed by atoms with van der Waals surface area (Å²) in [6.45, 7) is 9.59. The monoisotopic (exact) mass is 460 g/mol. The second-order valence-electron chi connectivity index (χ2n) is 8.69. The van der Waals surface area contributed by atoms with Gasteiger partial charge in [-0.2, -0.15) is 0 Å². The molecule has 178 valence electrons. The minimum Gasteiger partial charge on any atom is -0.399 e. The number of ether oxygens (including phenoxy) is 2. The van der Waals surface area contributed by atoms with Crippen LogP contribution >= 0.6 is 0 Å². The van der Waals surface area contributed by atoms with Crippen molar-refractivity contribution in [3.05, 3.63) is 65.2 Å². The number of carbonyl (C=O) groups is 2. The summed E-state index contributed by atoms with van der Waals surface area (Å²) in [7, 11) is 0. The predicted octanol–water partition coefficient (Wildman–Crippen LogP) is 3.58. The normalized spacial score (nSPS) is 12.4. The van der Waals surface area contributed by atoms with Crippen LogP contribution in [0, 0.1) is 23.7 Å². The Morgan fingerprint density at radius 2 is 1.50 bits per heavy atom. The number of nitrogens with one attached hydrogen (secondary N) is 1. The first-order valence-corrected chi connectivity index (χ1v) is 11.2. The van der Waals surface area contributed by atoms with Crippen molar-refractivity contribution in [3.8, 4) is 23.7 Å². The molecule has 2 aromatic carbocycles. The maximum Gasteiger partial charge on any atom is 0.251 e. The molecule has 1 amide bonds. The number of Topliss-reactive ketones (excluding diaryl/α,β-unsaturated/α-hetero) is 1. The van der Waals surface area contributed by atoms with Gasteiger partial charge in [-0.05, 0) is 95.0 Å². The molecule has 0 saturated carbocycles. The van der Waals surface area contributed by atoms with E-state index in [1.54, 1.807) is 43.3 Å². The molecule has 2 aromatic rings. The van der Waals surface area contributed by atoms with Crippen LogP contribution in [0.25, 0.3) is 0 Å². The summed E-state index contributed by atoms with van der Waals surface area (Å²) < 4.78 is 11.2. The minimum absolute atomic E-state index is 0.0920. The molecule has 0 aliphatic heterocycles. The first-order valence-electron chi connectivity index (χ1n) is 11.2. The first-order chi connectivity index (χ1) is 16.1. The fraction of sp³-hybridized carbons (Fsp3) is 0.357. The number of benzene rings is 2. The fourth-order valence-corrected chi connectivity index (χ4v) is 3.08. The molecule has 6 nitrogen and oxygen atoms in total. The van der Waals surface area contributed by atoms with E-state index in [0.717, 1.165) is 11.1 Å². The van der Waals surface area contributed by atoms with Gasteiger partial charge in [0, 0.05) is 29.0 Å². The quantitative estimate of drug-likeness (QED) is 0.464. The Hall–Kier alpha value is -3.58. The van der Waals surface area contributed by atoms with Gasteiger partial charge in [0.05, 0.1) is 11.7 Å². The summed E-state index contributed by atoms with van der Waals surface area (Å²) in [4.78, 5) is 25.5. The lowest BCUT2D eigenvalue weighted by atomic mass is 10.0. The van der Waals surface area contributed by atoms with Gasteiger partial charge in [0.2, 0.25) is 0 Å². The van der Waals surface area contributed by atoms with Crippen molar-refractivity contribution in [3.63, 3.8) is 0 Å². The average Bonchev–Trinajstić information content (AvgIpc) is 2.79. The number of hydrogen-bond donors (Lipinski definition) is 2. The molecular weight excluding hydrogens is 428 g/mol. The summed E-state index contributed by atoms with van der Waals surface area (Å²) in [5.74, 6) is 10.9. The summed E-state index contributed by atoms with van der Waals surface area (Å²) in [5, 5.41) is 2.80. The molecule has 0 aliphatic carbocycles. The molecule has 34 heavy (non-hydrogen) atoms. The van der Waals surface area contributed by atoms with Crippen LogP contribution in [0.1, 0.15) is 56.1 Å². The standard InChI is InChI=1S/C28H32N2O4/c1-6-33-19-25(31)26(20(2)34-28(3,4)5)30-27(32)23-15-11-21(12-16-23)9-7-8-10-22-13-17-24(29)18-14-22/h11-18,20,26H,6,19,29H2,1-5H3,(H,30,32)/t20-,26?/m1/s1. The van der Waals surface area contributed by atoms with E-state index in [4.69, 9.17) is 15.2 Å². The van der Waals surface area contributed by atoms with Crippen molar-refractivity contribution < 1.29 is 19.1 Å². The van der Waals surface area contributed by atoms with E-state index >= 15 is 0 Å². The number of amides is 1. The highest BCUT2D eigenvalue weighted by Gasteiger charge is 2.30. The third-order valence-corrected chi connectivity index (χ3v) is 4.62. The summed E-state index contributed by atoms with van der Waals surface area (Å²) >= 11 is 0. The lowest BCUT2D eigenvalue weighted by Crippen LogP contribution is -2.51. The maximum atomic E-state index is 12.8. The van der Waals surface area contributed by atoms with E-state index in [0.29, 0.717) is 17.9 Å². The van der Waals surface area contributed by atoms with Gasteiger partial charge in [-0.3, -0.25) is 9.59 Å². The minimum atomic E-state index is -0.832. The molecule has 0 heterocycles. The van der Waals surface area contributed by atoms with Gasteiger partial charge in [-0.15, -0.1) is 0 Å². The molecule has 0 saturated heterocycles. The molecule has 0 aliphatic rings. The smallest absolute Gasteiger partial charge is 0.251 e. The number of ketones is 1. The topological polar surface area (TPSA) is 90.7 Å². The molecule has 2 atom stereocenters. The Morgan fingerprint density at radius 1 is 0.971 bits per heavy atom. The van der Waals surface area contributed by atoms with Crippen LogP contribution in [0.5, 0.6) is 0 Å². The number of nitrogens with two attached hydrogens (primary N) is 1. The zero-order chi connectivity index (χ0) is 25.1. The molecule has 1 unspecified atom stereocenters. The van der Waals surface area contributed by atoms with Crippen LogP contribution in [0.3, 0.4) is 0 Å². The molecule has 0 bridgehead atoms. The second-order valence-corrected chi connectivity index (χ2v) is 8.69. The Kier molecular flexibility index (Phi) is 9.89. The Labute approximate surface area is 202 Å². The number of hydrogen-bond acceptors (Lipinski definition) is 5. The highest BCUT2D eigenvalue weighted by molar-refractivity contribution is 5.98. The van der Waals surface area contributed by atoms with Crippen LogP contribution in [0.2, 0.25) is 0 Å².